The van der Waals surface area contributed by atoms with Crippen LogP contribution >= 0.6 is 0 Å². The van der Waals surface area contributed by atoms with Crippen LogP contribution < -0.4 is 11.1 Å². The van der Waals surface area contributed by atoms with Gasteiger partial charge in [-0.3, -0.25) is 0 Å². The summed E-state index contributed by atoms with van der Waals surface area (Å²) in [7, 11) is 0. The summed E-state index contributed by atoms with van der Waals surface area (Å²) < 4.78 is 0. The van der Waals surface area contributed by atoms with E-state index in [4.69, 9.17) is 11.0 Å². The first-order valence-corrected chi connectivity index (χ1v) is 4.77. The highest BCUT2D eigenvalue weighted by Crippen LogP contribution is 2.20. The Morgan fingerprint density at radius 1 is 1.25 bits per heavy atom. The number of nitrogens with zero attached hydrogens (tertiary/aromatic N) is 2. The number of rotatable bonds is 2. The van der Waals surface area contributed by atoms with Crippen molar-refractivity contribution in [2.75, 3.05) is 11.1 Å². The SMILES string of the molecule is N#Cc1cccc(Nc2cccnc2N)c1. The zero-order valence-corrected chi connectivity index (χ0v) is 8.51. The number of benzene rings is 1. The van der Waals surface area contributed by atoms with Gasteiger partial charge in [0.25, 0.3) is 0 Å². The minimum Gasteiger partial charge on any atom is -0.382 e. The van der Waals surface area contributed by atoms with Crippen molar-refractivity contribution in [3.05, 3.63) is 48.2 Å². The molecule has 0 unspecified atom stereocenters. The Hall–Kier alpha value is -2.54. The van der Waals surface area contributed by atoms with E-state index in [1.807, 2.05) is 18.2 Å². The number of nitrogen functional groups attached to an aromatic ring is 1. The molecule has 78 valence electrons. The van der Waals surface area contributed by atoms with Crippen LogP contribution in [0.2, 0.25) is 0 Å². The molecule has 16 heavy (non-hydrogen) atoms. The molecule has 1 aromatic carbocycles. The van der Waals surface area contributed by atoms with Crippen molar-refractivity contribution < 1.29 is 0 Å². The Morgan fingerprint density at radius 2 is 2.12 bits per heavy atom. The summed E-state index contributed by atoms with van der Waals surface area (Å²) in [6.07, 6.45) is 1.63. The maximum absolute atomic E-state index is 8.77. The number of aromatic nitrogens is 1. The minimum atomic E-state index is 0.435. The van der Waals surface area contributed by atoms with Gasteiger partial charge < -0.3 is 11.1 Å². The molecule has 2 aromatic rings. The fraction of sp³-hybridized carbons (Fsp3) is 0. The predicted molar refractivity (Wildman–Crippen MR) is 63.1 cm³/mol. The highest BCUT2D eigenvalue weighted by atomic mass is 15.0. The summed E-state index contributed by atoms with van der Waals surface area (Å²) in [5.74, 6) is 0.435. The fourth-order valence-corrected chi connectivity index (χ4v) is 1.35. The molecule has 0 aliphatic rings. The smallest absolute Gasteiger partial charge is 0.147 e. The highest BCUT2D eigenvalue weighted by molar-refractivity contribution is 5.69. The maximum atomic E-state index is 8.77. The van der Waals surface area contributed by atoms with Gasteiger partial charge in [-0.15, -0.1) is 0 Å². The molecule has 3 N–H and O–H groups in total. The molecule has 0 fully saturated rings. The first-order chi connectivity index (χ1) is 7.79. The molecule has 2 rings (SSSR count). The minimum absolute atomic E-state index is 0.435. The third-order valence-electron chi connectivity index (χ3n) is 2.11. The lowest BCUT2D eigenvalue weighted by Gasteiger charge is -2.07. The lowest BCUT2D eigenvalue weighted by Crippen LogP contribution is -1.98. The van der Waals surface area contributed by atoms with Crippen LogP contribution in [0.4, 0.5) is 17.2 Å². The van der Waals surface area contributed by atoms with Crippen LogP contribution in [0.25, 0.3) is 0 Å². The van der Waals surface area contributed by atoms with Crippen molar-refractivity contribution >= 4 is 17.2 Å². The summed E-state index contributed by atoms with van der Waals surface area (Å²) in [5, 5.41) is 11.9. The normalized spacial score (nSPS) is 9.44. The summed E-state index contributed by atoms with van der Waals surface area (Å²) in [6, 6.07) is 12.9. The molecule has 0 saturated heterocycles. The molecule has 0 saturated carbocycles. The number of hydrogen-bond donors (Lipinski definition) is 2. The molecule has 1 heterocycles. The average molecular weight is 210 g/mol. The van der Waals surface area contributed by atoms with Crippen molar-refractivity contribution in [1.29, 1.82) is 5.26 Å². The number of hydrogen-bond acceptors (Lipinski definition) is 4. The van der Waals surface area contributed by atoms with Crippen LogP contribution in [-0.4, -0.2) is 4.98 Å². The monoisotopic (exact) mass is 210 g/mol. The van der Waals surface area contributed by atoms with E-state index in [1.54, 1.807) is 24.4 Å². The second-order valence-corrected chi connectivity index (χ2v) is 3.25. The molecule has 0 spiro atoms. The van der Waals surface area contributed by atoms with Crippen molar-refractivity contribution in [3.8, 4) is 6.07 Å². The third kappa shape index (κ3) is 2.10. The van der Waals surface area contributed by atoms with Gasteiger partial charge in [0.2, 0.25) is 0 Å². The van der Waals surface area contributed by atoms with Crippen molar-refractivity contribution in [2.24, 2.45) is 0 Å². The van der Waals surface area contributed by atoms with Crippen molar-refractivity contribution in [3.63, 3.8) is 0 Å². The molecule has 0 aliphatic carbocycles. The number of nitriles is 1. The molecular formula is C12H10N4. The molecule has 1 aromatic heterocycles. The van der Waals surface area contributed by atoms with Crippen LogP contribution in [0, 0.1) is 11.3 Å². The van der Waals surface area contributed by atoms with Gasteiger partial charge in [-0.2, -0.15) is 5.26 Å². The van der Waals surface area contributed by atoms with Crippen LogP contribution in [0.3, 0.4) is 0 Å². The Kier molecular flexibility index (Phi) is 2.70. The van der Waals surface area contributed by atoms with Crippen LogP contribution in [0.15, 0.2) is 42.6 Å². The van der Waals surface area contributed by atoms with Crippen molar-refractivity contribution in [1.82, 2.24) is 4.98 Å². The van der Waals surface area contributed by atoms with E-state index in [1.165, 1.54) is 0 Å². The molecule has 4 heteroatoms. The zero-order valence-electron chi connectivity index (χ0n) is 8.51. The van der Waals surface area contributed by atoms with E-state index < -0.39 is 0 Å². The summed E-state index contributed by atoms with van der Waals surface area (Å²) in [5.41, 5.74) is 7.86. The van der Waals surface area contributed by atoms with E-state index in [-0.39, 0.29) is 0 Å². The summed E-state index contributed by atoms with van der Waals surface area (Å²) in [4.78, 5) is 3.97. The van der Waals surface area contributed by atoms with Gasteiger partial charge in [0.1, 0.15) is 5.82 Å². The van der Waals surface area contributed by atoms with Crippen LogP contribution in [0.1, 0.15) is 5.56 Å². The zero-order chi connectivity index (χ0) is 11.4. The van der Waals surface area contributed by atoms with Gasteiger partial charge in [-0.05, 0) is 30.3 Å². The van der Waals surface area contributed by atoms with E-state index in [9.17, 15) is 0 Å². The highest BCUT2D eigenvalue weighted by Gasteiger charge is 2.00. The van der Waals surface area contributed by atoms with E-state index >= 15 is 0 Å². The Labute approximate surface area is 93.4 Å². The lowest BCUT2D eigenvalue weighted by molar-refractivity contribution is 1.33. The lowest BCUT2D eigenvalue weighted by atomic mass is 10.2. The topological polar surface area (TPSA) is 74.7 Å². The first-order valence-electron chi connectivity index (χ1n) is 4.77. The summed E-state index contributed by atoms with van der Waals surface area (Å²) in [6.45, 7) is 0. The van der Waals surface area contributed by atoms with Gasteiger partial charge in [-0.1, -0.05) is 6.07 Å². The molecular weight excluding hydrogens is 200 g/mol. The third-order valence-corrected chi connectivity index (χ3v) is 2.11. The molecule has 0 bridgehead atoms. The fourth-order valence-electron chi connectivity index (χ4n) is 1.35. The summed E-state index contributed by atoms with van der Waals surface area (Å²) >= 11 is 0. The average Bonchev–Trinajstić information content (AvgIpc) is 2.32. The van der Waals surface area contributed by atoms with Gasteiger partial charge in [0.15, 0.2) is 0 Å². The number of pyridine rings is 1. The quantitative estimate of drug-likeness (QED) is 0.797. The number of nitrogens with one attached hydrogen (secondary N) is 1. The first kappa shape index (κ1) is 9.99. The van der Waals surface area contributed by atoms with Gasteiger partial charge >= 0.3 is 0 Å². The van der Waals surface area contributed by atoms with E-state index in [2.05, 4.69) is 16.4 Å². The number of anilines is 3. The van der Waals surface area contributed by atoms with Gasteiger partial charge in [0.05, 0.1) is 17.3 Å². The van der Waals surface area contributed by atoms with E-state index in [0.29, 0.717) is 11.4 Å². The van der Waals surface area contributed by atoms with Gasteiger partial charge in [-0.25, -0.2) is 4.98 Å². The second kappa shape index (κ2) is 4.32. The van der Waals surface area contributed by atoms with Crippen LogP contribution in [0.5, 0.6) is 0 Å². The Morgan fingerprint density at radius 3 is 2.88 bits per heavy atom. The molecule has 0 atom stereocenters. The predicted octanol–water partition coefficient (Wildman–Crippen LogP) is 2.28. The Bertz CT molecular complexity index is 543. The van der Waals surface area contributed by atoms with Crippen LogP contribution in [-0.2, 0) is 0 Å². The number of nitrogens with two attached hydrogens (primary N) is 1. The molecule has 4 nitrogen and oxygen atoms in total. The molecule has 0 radical (unpaired) electrons. The molecule has 0 aliphatic heterocycles. The second-order valence-electron chi connectivity index (χ2n) is 3.25. The largest absolute Gasteiger partial charge is 0.382 e. The van der Waals surface area contributed by atoms with E-state index in [0.717, 1.165) is 11.4 Å². The van der Waals surface area contributed by atoms with Gasteiger partial charge in [0, 0.05) is 11.9 Å². The standard InChI is InChI=1S/C12H10N4/c13-8-9-3-1-4-10(7-9)16-11-5-2-6-15-12(11)14/h1-7,16H,(H2,14,15). The van der Waals surface area contributed by atoms with Crippen molar-refractivity contribution in [2.45, 2.75) is 0 Å². The maximum Gasteiger partial charge on any atom is 0.147 e. The molecule has 0 amide bonds. The Balaban J connectivity index is 2.28.